The van der Waals surface area contributed by atoms with Gasteiger partial charge in [-0.2, -0.15) is 0 Å². The number of aryl methyl sites for hydroxylation is 1. The zero-order valence-corrected chi connectivity index (χ0v) is 10.2. The Morgan fingerprint density at radius 3 is 2.44 bits per heavy atom. The van der Waals surface area contributed by atoms with Crippen LogP contribution in [0.5, 0.6) is 0 Å². The summed E-state index contributed by atoms with van der Waals surface area (Å²) in [6, 6.07) is 8.45. The molecule has 0 saturated carbocycles. The van der Waals surface area contributed by atoms with Gasteiger partial charge in [0.15, 0.2) is 0 Å². The van der Waals surface area contributed by atoms with Crippen LogP contribution in [0.2, 0.25) is 0 Å². The smallest absolute Gasteiger partial charge is 0.0449 e. The van der Waals surface area contributed by atoms with Crippen LogP contribution in [0.25, 0.3) is 0 Å². The van der Waals surface area contributed by atoms with Gasteiger partial charge in [-0.25, -0.2) is 0 Å². The molecular formula is C14H23NO. The highest BCUT2D eigenvalue weighted by Crippen LogP contribution is 2.15. The van der Waals surface area contributed by atoms with Crippen LogP contribution < -0.4 is 5.73 Å². The first-order valence-corrected chi connectivity index (χ1v) is 6.23. The summed E-state index contributed by atoms with van der Waals surface area (Å²) in [5, 5.41) is 8.82. The van der Waals surface area contributed by atoms with E-state index in [1.165, 1.54) is 24.8 Å². The molecule has 2 heteroatoms. The molecule has 0 fully saturated rings. The van der Waals surface area contributed by atoms with Crippen LogP contribution in [-0.4, -0.2) is 11.7 Å². The Morgan fingerprint density at radius 2 is 1.88 bits per heavy atom. The van der Waals surface area contributed by atoms with Crippen molar-refractivity contribution in [3.05, 3.63) is 35.4 Å². The summed E-state index contributed by atoms with van der Waals surface area (Å²) < 4.78 is 0. The van der Waals surface area contributed by atoms with E-state index in [0.29, 0.717) is 6.42 Å². The Kier molecular flexibility index (Phi) is 6.12. The van der Waals surface area contributed by atoms with Crippen LogP contribution in [0.4, 0.5) is 0 Å². The quantitative estimate of drug-likeness (QED) is 0.695. The molecule has 0 aliphatic rings. The van der Waals surface area contributed by atoms with Gasteiger partial charge in [-0.1, -0.05) is 44.0 Å². The molecule has 0 heterocycles. The predicted molar refractivity (Wildman–Crippen MR) is 68.3 cm³/mol. The fourth-order valence-corrected chi connectivity index (χ4v) is 1.82. The van der Waals surface area contributed by atoms with Gasteiger partial charge in [-0.15, -0.1) is 0 Å². The summed E-state index contributed by atoms with van der Waals surface area (Å²) >= 11 is 0. The van der Waals surface area contributed by atoms with Crippen LogP contribution >= 0.6 is 0 Å². The molecule has 2 nitrogen and oxygen atoms in total. The Hall–Kier alpha value is -0.860. The third-order valence-electron chi connectivity index (χ3n) is 2.92. The Morgan fingerprint density at radius 1 is 1.19 bits per heavy atom. The lowest BCUT2D eigenvalue weighted by Gasteiger charge is -2.10. The average molecular weight is 221 g/mol. The zero-order valence-electron chi connectivity index (χ0n) is 10.2. The molecule has 16 heavy (non-hydrogen) atoms. The zero-order chi connectivity index (χ0) is 11.8. The number of aliphatic hydroxyl groups excluding tert-OH is 1. The van der Waals surface area contributed by atoms with E-state index in [1.54, 1.807) is 0 Å². The van der Waals surface area contributed by atoms with Crippen LogP contribution in [0.1, 0.15) is 49.8 Å². The first kappa shape index (κ1) is 13.2. The largest absolute Gasteiger partial charge is 0.396 e. The SMILES string of the molecule is CCCCCc1ccc(C(N)CCO)cc1. The molecule has 1 atom stereocenters. The maximum Gasteiger partial charge on any atom is 0.0449 e. The van der Waals surface area contributed by atoms with Crippen molar-refractivity contribution in [2.75, 3.05) is 6.61 Å². The number of aliphatic hydroxyl groups is 1. The molecule has 1 unspecified atom stereocenters. The first-order chi connectivity index (χ1) is 7.77. The molecule has 0 amide bonds. The summed E-state index contributed by atoms with van der Waals surface area (Å²) in [5.74, 6) is 0. The summed E-state index contributed by atoms with van der Waals surface area (Å²) in [7, 11) is 0. The number of unbranched alkanes of at least 4 members (excludes halogenated alkanes) is 2. The van der Waals surface area contributed by atoms with Crippen molar-refractivity contribution in [1.82, 2.24) is 0 Å². The fraction of sp³-hybridized carbons (Fsp3) is 0.571. The third-order valence-corrected chi connectivity index (χ3v) is 2.92. The van der Waals surface area contributed by atoms with Crippen LogP contribution in [-0.2, 0) is 6.42 Å². The van der Waals surface area contributed by atoms with Crippen molar-refractivity contribution in [1.29, 1.82) is 0 Å². The molecule has 3 N–H and O–H groups in total. The van der Waals surface area contributed by atoms with Crippen LogP contribution in [0.3, 0.4) is 0 Å². The van der Waals surface area contributed by atoms with Gasteiger partial charge in [0.1, 0.15) is 0 Å². The van der Waals surface area contributed by atoms with Crippen molar-refractivity contribution < 1.29 is 5.11 Å². The standard InChI is InChI=1S/C14H23NO/c1-2-3-4-5-12-6-8-13(9-7-12)14(15)10-11-16/h6-9,14,16H,2-5,10-11,15H2,1H3. The van der Waals surface area contributed by atoms with E-state index in [-0.39, 0.29) is 12.6 Å². The van der Waals surface area contributed by atoms with E-state index in [9.17, 15) is 0 Å². The van der Waals surface area contributed by atoms with E-state index < -0.39 is 0 Å². The molecular weight excluding hydrogens is 198 g/mol. The second-order valence-corrected chi connectivity index (χ2v) is 4.32. The minimum atomic E-state index is -0.0327. The van der Waals surface area contributed by atoms with Crippen molar-refractivity contribution >= 4 is 0 Å². The lowest BCUT2D eigenvalue weighted by molar-refractivity contribution is 0.276. The summed E-state index contributed by atoms with van der Waals surface area (Å²) in [6.45, 7) is 2.37. The molecule has 90 valence electrons. The summed E-state index contributed by atoms with van der Waals surface area (Å²) in [6.07, 6.45) is 5.61. The molecule has 1 aromatic carbocycles. The molecule has 1 aromatic rings. The number of hydrogen-bond donors (Lipinski definition) is 2. The monoisotopic (exact) mass is 221 g/mol. The molecule has 1 rings (SSSR count). The van der Waals surface area contributed by atoms with Crippen molar-refractivity contribution in [3.8, 4) is 0 Å². The first-order valence-electron chi connectivity index (χ1n) is 6.23. The second kappa shape index (κ2) is 7.42. The maximum absolute atomic E-state index is 8.82. The van der Waals surface area contributed by atoms with E-state index in [0.717, 1.165) is 12.0 Å². The van der Waals surface area contributed by atoms with Gasteiger partial charge in [-0.3, -0.25) is 0 Å². The Labute approximate surface area is 98.5 Å². The summed E-state index contributed by atoms with van der Waals surface area (Å²) in [4.78, 5) is 0. The van der Waals surface area contributed by atoms with Gasteiger partial charge in [0.2, 0.25) is 0 Å². The second-order valence-electron chi connectivity index (χ2n) is 4.32. The highest BCUT2D eigenvalue weighted by Gasteiger charge is 2.04. The lowest BCUT2D eigenvalue weighted by Crippen LogP contribution is -2.11. The fourth-order valence-electron chi connectivity index (χ4n) is 1.82. The topological polar surface area (TPSA) is 46.2 Å². The van der Waals surface area contributed by atoms with Gasteiger partial charge in [0.05, 0.1) is 0 Å². The van der Waals surface area contributed by atoms with Gasteiger partial charge < -0.3 is 10.8 Å². The Bertz CT molecular complexity index is 281. The van der Waals surface area contributed by atoms with Crippen molar-refractivity contribution in [2.24, 2.45) is 5.73 Å². The van der Waals surface area contributed by atoms with Gasteiger partial charge >= 0.3 is 0 Å². The number of rotatable bonds is 7. The lowest BCUT2D eigenvalue weighted by atomic mass is 10.0. The van der Waals surface area contributed by atoms with E-state index >= 15 is 0 Å². The molecule has 0 aromatic heterocycles. The van der Waals surface area contributed by atoms with Gasteiger partial charge in [-0.05, 0) is 30.4 Å². The molecule has 0 radical (unpaired) electrons. The molecule has 0 saturated heterocycles. The van der Waals surface area contributed by atoms with E-state index in [4.69, 9.17) is 10.8 Å². The highest BCUT2D eigenvalue weighted by atomic mass is 16.3. The molecule has 0 aliphatic heterocycles. The van der Waals surface area contributed by atoms with Crippen molar-refractivity contribution in [3.63, 3.8) is 0 Å². The minimum Gasteiger partial charge on any atom is -0.396 e. The third kappa shape index (κ3) is 4.33. The van der Waals surface area contributed by atoms with Gasteiger partial charge in [0, 0.05) is 12.6 Å². The number of benzene rings is 1. The number of nitrogens with two attached hydrogens (primary N) is 1. The average Bonchev–Trinajstić information content (AvgIpc) is 2.30. The maximum atomic E-state index is 8.82. The minimum absolute atomic E-state index is 0.0327. The number of hydrogen-bond acceptors (Lipinski definition) is 2. The van der Waals surface area contributed by atoms with E-state index in [1.807, 2.05) is 0 Å². The summed E-state index contributed by atoms with van der Waals surface area (Å²) in [5.41, 5.74) is 8.42. The Balaban J connectivity index is 2.47. The highest BCUT2D eigenvalue weighted by molar-refractivity contribution is 5.24. The van der Waals surface area contributed by atoms with Crippen LogP contribution in [0.15, 0.2) is 24.3 Å². The van der Waals surface area contributed by atoms with E-state index in [2.05, 4.69) is 31.2 Å². The van der Waals surface area contributed by atoms with Crippen LogP contribution in [0, 0.1) is 0 Å². The van der Waals surface area contributed by atoms with Gasteiger partial charge in [0.25, 0.3) is 0 Å². The molecule has 0 bridgehead atoms. The molecule has 0 aliphatic carbocycles. The van der Waals surface area contributed by atoms with Crippen molar-refractivity contribution in [2.45, 2.75) is 45.1 Å². The molecule has 0 spiro atoms. The predicted octanol–water partition coefficient (Wildman–Crippen LogP) is 2.80. The normalized spacial score (nSPS) is 12.7.